The highest BCUT2D eigenvalue weighted by Crippen LogP contribution is 2.29. The summed E-state index contributed by atoms with van der Waals surface area (Å²) >= 11 is 0. The van der Waals surface area contributed by atoms with E-state index in [4.69, 9.17) is 4.74 Å². The van der Waals surface area contributed by atoms with Crippen LogP contribution in [0.25, 0.3) is 0 Å². The van der Waals surface area contributed by atoms with Crippen LogP contribution >= 0.6 is 0 Å². The van der Waals surface area contributed by atoms with Gasteiger partial charge in [-0.2, -0.15) is 4.99 Å². The van der Waals surface area contributed by atoms with Crippen molar-refractivity contribution in [1.29, 1.82) is 0 Å². The lowest BCUT2D eigenvalue weighted by atomic mass is 10.0. The Morgan fingerprint density at radius 2 is 2.43 bits per heavy atom. The fourth-order valence-corrected chi connectivity index (χ4v) is 1.50. The van der Waals surface area contributed by atoms with Crippen LogP contribution in [0, 0.1) is 0 Å². The number of phenols is 1. The number of aromatic hydroxyl groups is 1. The molecule has 14 heavy (non-hydrogen) atoms. The monoisotopic (exact) mass is 191 g/mol. The molecule has 0 aromatic heterocycles. The number of isocyanates is 1. The van der Waals surface area contributed by atoms with E-state index in [-0.39, 0.29) is 11.8 Å². The Hall–Kier alpha value is -1.80. The molecule has 4 nitrogen and oxygen atoms in total. The predicted octanol–water partition coefficient (Wildman–Crippen LogP) is 1.03. The van der Waals surface area contributed by atoms with Crippen LogP contribution in [-0.2, 0) is 11.2 Å². The van der Waals surface area contributed by atoms with E-state index < -0.39 is 0 Å². The summed E-state index contributed by atoms with van der Waals surface area (Å²) in [7, 11) is 0. The van der Waals surface area contributed by atoms with Crippen molar-refractivity contribution in [2.75, 3.05) is 6.61 Å². The number of rotatable bonds is 1. The molecule has 0 saturated carbocycles. The highest BCUT2D eigenvalue weighted by atomic mass is 16.5. The Morgan fingerprint density at radius 3 is 3.21 bits per heavy atom. The summed E-state index contributed by atoms with van der Waals surface area (Å²) in [6, 6.07) is 4.78. The van der Waals surface area contributed by atoms with Gasteiger partial charge in [-0.25, -0.2) is 4.79 Å². The second-order valence-corrected chi connectivity index (χ2v) is 3.18. The molecule has 0 amide bonds. The number of hydrogen-bond donors (Lipinski definition) is 1. The summed E-state index contributed by atoms with van der Waals surface area (Å²) in [5.41, 5.74) is 0.957. The molecule has 72 valence electrons. The third kappa shape index (κ3) is 1.60. The van der Waals surface area contributed by atoms with E-state index in [1.165, 1.54) is 6.08 Å². The lowest BCUT2D eigenvalue weighted by Gasteiger charge is -2.21. The molecule has 0 spiro atoms. The first-order valence-electron chi connectivity index (χ1n) is 4.31. The van der Waals surface area contributed by atoms with E-state index in [0.29, 0.717) is 18.8 Å². The number of nitrogens with zero attached hydrogens (tertiary/aromatic N) is 1. The number of benzene rings is 1. The molecule has 0 fully saturated rings. The molecular formula is C10H9NO3. The van der Waals surface area contributed by atoms with Gasteiger partial charge >= 0.3 is 0 Å². The fourth-order valence-electron chi connectivity index (χ4n) is 1.50. The first-order valence-corrected chi connectivity index (χ1v) is 4.31. The standard InChI is InChI=1S/C10H9NO3/c12-6-11-8-3-7-1-2-9(13)4-10(7)14-5-8/h1-2,4,8,13H,3,5H2. The summed E-state index contributed by atoms with van der Waals surface area (Å²) in [5.74, 6) is 0.850. The Bertz CT molecular complexity index is 396. The highest BCUT2D eigenvalue weighted by molar-refractivity contribution is 5.42. The number of aliphatic imine (C=N–C) groups is 1. The normalized spacial score (nSPS) is 19.0. The van der Waals surface area contributed by atoms with Gasteiger partial charge in [0.1, 0.15) is 24.1 Å². The van der Waals surface area contributed by atoms with E-state index in [0.717, 1.165) is 5.56 Å². The van der Waals surface area contributed by atoms with Gasteiger partial charge < -0.3 is 9.84 Å². The molecule has 1 unspecified atom stereocenters. The molecule has 0 saturated heterocycles. The lowest BCUT2D eigenvalue weighted by Crippen LogP contribution is -2.23. The van der Waals surface area contributed by atoms with Crippen LogP contribution in [0.4, 0.5) is 0 Å². The quantitative estimate of drug-likeness (QED) is 0.532. The first kappa shape index (κ1) is 8.78. The molecule has 1 aliphatic rings. The first-order chi connectivity index (χ1) is 6.79. The highest BCUT2D eigenvalue weighted by Gasteiger charge is 2.19. The maximum atomic E-state index is 10.1. The topological polar surface area (TPSA) is 58.9 Å². The Morgan fingerprint density at radius 1 is 1.57 bits per heavy atom. The third-order valence-electron chi connectivity index (χ3n) is 2.17. The average molecular weight is 191 g/mol. The Kier molecular flexibility index (Phi) is 2.21. The summed E-state index contributed by atoms with van der Waals surface area (Å²) in [4.78, 5) is 13.7. The van der Waals surface area contributed by atoms with Gasteiger partial charge in [-0.1, -0.05) is 6.07 Å². The number of carbonyl (C=O) groups excluding carboxylic acids is 1. The Balaban J connectivity index is 2.27. The zero-order valence-corrected chi connectivity index (χ0v) is 7.43. The maximum Gasteiger partial charge on any atom is 0.235 e. The van der Waals surface area contributed by atoms with Crippen LogP contribution in [-0.4, -0.2) is 23.8 Å². The molecular weight excluding hydrogens is 182 g/mol. The van der Waals surface area contributed by atoms with E-state index in [1.54, 1.807) is 18.2 Å². The number of ether oxygens (including phenoxy) is 1. The number of phenolic OH excluding ortho intramolecular Hbond substituents is 1. The van der Waals surface area contributed by atoms with Gasteiger partial charge in [-0.15, -0.1) is 0 Å². The van der Waals surface area contributed by atoms with E-state index in [1.807, 2.05) is 0 Å². The van der Waals surface area contributed by atoms with Crippen molar-refractivity contribution in [2.24, 2.45) is 4.99 Å². The van der Waals surface area contributed by atoms with Crippen LogP contribution in [0.15, 0.2) is 23.2 Å². The van der Waals surface area contributed by atoms with Gasteiger partial charge in [-0.05, 0) is 11.6 Å². The van der Waals surface area contributed by atoms with Crippen molar-refractivity contribution < 1.29 is 14.6 Å². The van der Waals surface area contributed by atoms with Crippen molar-refractivity contribution in [3.05, 3.63) is 23.8 Å². The van der Waals surface area contributed by atoms with Crippen molar-refractivity contribution in [1.82, 2.24) is 0 Å². The average Bonchev–Trinajstić information content (AvgIpc) is 2.19. The van der Waals surface area contributed by atoms with Crippen LogP contribution < -0.4 is 4.74 Å². The number of hydrogen-bond acceptors (Lipinski definition) is 4. The smallest absolute Gasteiger partial charge is 0.235 e. The molecule has 4 heteroatoms. The molecule has 0 aliphatic carbocycles. The van der Waals surface area contributed by atoms with Crippen molar-refractivity contribution in [3.63, 3.8) is 0 Å². The van der Waals surface area contributed by atoms with Gasteiger partial charge in [0, 0.05) is 12.5 Å². The van der Waals surface area contributed by atoms with E-state index in [2.05, 4.69) is 4.99 Å². The molecule has 0 radical (unpaired) electrons. The number of fused-ring (bicyclic) bond motifs is 1. The van der Waals surface area contributed by atoms with E-state index in [9.17, 15) is 9.90 Å². The van der Waals surface area contributed by atoms with Gasteiger partial charge in [0.2, 0.25) is 6.08 Å². The molecule has 0 bridgehead atoms. The summed E-state index contributed by atoms with van der Waals surface area (Å²) in [5, 5.41) is 9.19. The van der Waals surface area contributed by atoms with Gasteiger partial charge in [0.15, 0.2) is 0 Å². The summed E-state index contributed by atoms with van der Waals surface area (Å²) in [6.07, 6.45) is 2.18. The van der Waals surface area contributed by atoms with Crippen LogP contribution in [0.1, 0.15) is 5.56 Å². The molecule has 1 aromatic rings. The fraction of sp³-hybridized carbons (Fsp3) is 0.300. The molecule has 1 aromatic carbocycles. The predicted molar refractivity (Wildman–Crippen MR) is 49.2 cm³/mol. The molecule has 1 atom stereocenters. The minimum absolute atomic E-state index is 0.149. The molecule has 1 heterocycles. The van der Waals surface area contributed by atoms with Crippen LogP contribution in [0.5, 0.6) is 11.5 Å². The second kappa shape index (κ2) is 3.52. The molecule has 1 aliphatic heterocycles. The molecule has 1 N–H and O–H groups in total. The second-order valence-electron chi connectivity index (χ2n) is 3.18. The summed E-state index contributed by atoms with van der Waals surface area (Å²) < 4.78 is 5.34. The van der Waals surface area contributed by atoms with Crippen molar-refractivity contribution >= 4 is 6.08 Å². The van der Waals surface area contributed by atoms with Gasteiger partial charge in [0.05, 0.1) is 0 Å². The third-order valence-corrected chi connectivity index (χ3v) is 2.17. The zero-order valence-electron chi connectivity index (χ0n) is 7.43. The SMILES string of the molecule is O=C=NC1COc2cc(O)ccc2C1. The lowest BCUT2D eigenvalue weighted by molar-refractivity contribution is 0.263. The van der Waals surface area contributed by atoms with Crippen LogP contribution in [0.2, 0.25) is 0 Å². The van der Waals surface area contributed by atoms with Crippen LogP contribution in [0.3, 0.4) is 0 Å². The van der Waals surface area contributed by atoms with Crippen molar-refractivity contribution in [2.45, 2.75) is 12.5 Å². The zero-order chi connectivity index (χ0) is 9.97. The summed E-state index contributed by atoms with van der Waals surface area (Å²) in [6.45, 7) is 0.367. The molecule has 2 rings (SSSR count). The van der Waals surface area contributed by atoms with Gasteiger partial charge in [-0.3, -0.25) is 0 Å². The minimum Gasteiger partial charge on any atom is -0.508 e. The van der Waals surface area contributed by atoms with Gasteiger partial charge in [0.25, 0.3) is 0 Å². The van der Waals surface area contributed by atoms with E-state index >= 15 is 0 Å². The largest absolute Gasteiger partial charge is 0.508 e. The minimum atomic E-state index is -0.149. The Labute approximate surface area is 80.8 Å². The van der Waals surface area contributed by atoms with Crippen molar-refractivity contribution in [3.8, 4) is 11.5 Å². The maximum absolute atomic E-state index is 10.1.